The molecule has 0 heterocycles. The summed E-state index contributed by atoms with van der Waals surface area (Å²) in [5, 5.41) is 10.6. The molecule has 0 spiro atoms. The van der Waals surface area contributed by atoms with Crippen LogP contribution in [0.1, 0.15) is 375 Å². The van der Waals surface area contributed by atoms with Gasteiger partial charge in [-0.3, -0.25) is 37.3 Å². The van der Waals surface area contributed by atoms with Crippen molar-refractivity contribution in [3.63, 3.8) is 0 Å². The molecule has 0 radical (unpaired) electrons. The average Bonchev–Trinajstić information content (AvgIpc) is 1.37. The maximum atomic E-state index is 13.1. The molecule has 0 aliphatic carbocycles. The maximum Gasteiger partial charge on any atom is 0.472 e. The van der Waals surface area contributed by atoms with E-state index in [0.29, 0.717) is 31.6 Å². The van der Waals surface area contributed by atoms with E-state index < -0.39 is 97.5 Å². The van der Waals surface area contributed by atoms with Crippen molar-refractivity contribution < 1.29 is 80.2 Å². The molecule has 0 aliphatic heterocycles. The zero-order valence-electron chi connectivity index (χ0n) is 61.3. The molecular formula is C76H144O17P2. The number of hydrogen-bond acceptors (Lipinski definition) is 15. The molecule has 5 atom stereocenters. The second-order valence-corrected chi connectivity index (χ2v) is 30.1. The third kappa shape index (κ3) is 69.8. The molecule has 3 N–H and O–H groups in total. The number of phosphoric acid groups is 2. The van der Waals surface area contributed by atoms with Crippen LogP contribution in [-0.2, 0) is 65.4 Å². The minimum Gasteiger partial charge on any atom is -0.462 e. The van der Waals surface area contributed by atoms with Crippen molar-refractivity contribution in [2.24, 2.45) is 5.92 Å². The Balaban J connectivity index is 5.28. The van der Waals surface area contributed by atoms with Crippen LogP contribution in [0.3, 0.4) is 0 Å². The van der Waals surface area contributed by atoms with Crippen LogP contribution in [0.25, 0.3) is 0 Å². The molecule has 19 heteroatoms. The number of aliphatic hydroxyl groups excluding tert-OH is 1. The molecule has 0 fully saturated rings. The van der Waals surface area contributed by atoms with Crippen LogP contribution in [-0.4, -0.2) is 96.7 Å². The van der Waals surface area contributed by atoms with Gasteiger partial charge in [-0.1, -0.05) is 322 Å². The molecule has 0 aliphatic rings. The first kappa shape index (κ1) is 92.5. The lowest BCUT2D eigenvalue weighted by Crippen LogP contribution is -2.30. The van der Waals surface area contributed by atoms with Gasteiger partial charge in [0.25, 0.3) is 0 Å². The molecule has 560 valence electrons. The first-order valence-corrected chi connectivity index (χ1v) is 41.9. The van der Waals surface area contributed by atoms with E-state index in [2.05, 4.69) is 58.9 Å². The summed E-state index contributed by atoms with van der Waals surface area (Å²) in [7, 11) is -9.92. The average molecular weight is 1390 g/mol. The summed E-state index contributed by atoms with van der Waals surface area (Å²) in [4.78, 5) is 72.8. The summed E-state index contributed by atoms with van der Waals surface area (Å²) in [5.74, 6) is -1.44. The standard InChI is InChI=1S/C76H144O17P2/c1-6-9-12-15-18-21-24-27-29-30-32-35-38-41-46-52-57-62-76(81)92-71(65-86-73(78)59-54-49-44-39-36-34-31-28-25-22-19-16-13-10-7-2)67-90-94(82,83)88-63-70(77)64-89-95(84,85)91-68-72(66-87-74(79)60-55-50-47-42-43-48-53-58-69(4)5)93-75(80)61-56-51-45-40-37-33-26-23-20-17-14-11-8-3/h22,25,28,31,69-72,77H,6-21,23-24,26-27,29-30,32-68H2,1-5H3,(H,82,83)(H,84,85)/b25-22-,31-28-/t70-,71-,72-/m1/s1. The zero-order chi connectivity index (χ0) is 69.8. The third-order valence-corrected chi connectivity index (χ3v) is 19.1. The van der Waals surface area contributed by atoms with Gasteiger partial charge < -0.3 is 33.8 Å². The largest absolute Gasteiger partial charge is 0.472 e. The van der Waals surface area contributed by atoms with Gasteiger partial charge in [-0.25, -0.2) is 9.13 Å². The predicted molar refractivity (Wildman–Crippen MR) is 386 cm³/mol. The minimum atomic E-state index is -4.96. The Morgan fingerprint density at radius 3 is 0.863 bits per heavy atom. The summed E-state index contributed by atoms with van der Waals surface area (Å²) in [6, 6.07) is 0. The second kappa shape index (κ2) is 68.7. The molecular weight excluding hydrogens is 1250 g/mol. The Morgan fingerprint density at radius 2 is 0.568 bits per heavy atom. The fraction of sp³-hybridized carbons (Fsp3) is 0.895. The van der Waals surface area contributed by atoms with Crippen molar-refractivity contribution in [1.29, 1.82) is 0 Å². The van der Waals surface area contributed by atoms with Crippen LogP contribution in [0.5, 0.6) is 0 Å². The highest BCUT2D eigenvalue weighted by Crippen LogP contribution is 2.45. The Hall–Kier alpha value is -2.46. The molecule has 0 aromatic carbocycles. The smallest absolute Gasteiger partial charge is 0.462 e. The Bertz CT molecular complexity index is 1920. The topological polar surface area (TPSA) is 237 Å². The highest BCUT2D eigenvalue weighted by Gasteiger charge is 2.30. The predicted octanol–water partition coefficient (Wildman–Crippen LogP) is 22.0. The van der Waals surface area contributed by atoms with Crippen LogP contribution in [0.2, 0.25) is 0 Å². The van der Waals surface area contributed by atoms with Crippen LogP contribution in [0, 0.1) is 5.92 Å². The van der Waals surface area contributed by atoms with Crippen molar-refractivity contribution in [2.75, 3.05) is 39.6 Å². The van der Waals surface area contributed by atoms with Gasteiger partial charge >= 0.3 is 39.5 Å². The van der Waals surface area contributed by atoms with E-state index in [1.807, 2.05) is 0 Å². The fourth-order valence-corrected chi connectivity index (χ4v) is 12.7. The molecule has 2 unspecified atom stereocenters. The number of esters is 4. The minimum absolute atomic E-state index is 0.102. The number of carbonyl (C=O) groups excluding carboxylic acids is 4. The number of phosphoric ester groups is 2. The van der Waals surface area contributed by atoms with Crippen LogP contribution in [0.15, 0.2) is 24.3 Å². The quantitative estimate of drug-likeness (QED) is 0.0169. The molecule has 0 aromatic heterocycles. The van der Waals surface area contributed by atoms with Crippen molar-refractivity contribution in [3.8, 4) is 0 Å². The van der Waals surface area contributed by atoms with Crippen molar-refractivity contribution in [2.45, 2.75) is 393 Å². The zero-order valence-corrected chi connectivity index (χ0v) is 63.1. The van der Waals surface area contributed by atoms with E-state index >= 15 is 0 Å². The lowest BCUT2D eigenvalue weighted by Gasteiger charge is -2.21. The summed E-state index contributed by atoms with van der Waals surface area (Å²) >= 11 is 0. The van der Waals surface area contributed by atoms with Crippen molar-refractivity contribution >= 4 is 39.5 Å². The molecule has 17 nitrogen and oxygen atoms in total. The monoisotopic (exact) mass is 1390 g/mol. The highest BCUT2D eigenvalue weighted by molar-refractivity contribution is 7.47. The highest BCUT2D eigenvalue weighted by atomic mass is 31.2. The summed E-state index contributed by atoms with van der Waals surface area (Å²) in [6.45, 7) is 7.17. The van der Waals surface area contributed by atoms with E-state index in [1.165, 1.54) is 173 Å². The van der Waals surface area contributed by atoms with E-state index in [4.69, 9.17) is 37.0 Å². The molecule has 0 rings (SSSR count). The maximum absolute atomic E-state index is 13.1. The van der Waals surface area contributed by atoms with E-state index in [0.717, 1.165) is 116 Å². The molecule has 0 saturated heterocycles. The summed E-state index contributed by atoms with van der Waals surface area (Å²) < 4.78 is 68.5. The van der Waals surface area contributed by atoms with Crippen molar-refractivity contribution in [3.05, 3.63) is 24.3 Å². The Labute approximate surface area is 580 Å². The number of carbonyl (C=O) groups is 4. The van der Waals surface area contributed by atoms with Crippen LogP contribution in [0.4, 0.5) is 0 Å². The van der Waals surface area contributed by atoms with Gasteiger partial charge in [-0.05, 0) is 57.3 Å². The fourth-order valence-electron chi connectivity index (χ4n) is 11.2. The lowest BCUT2D eigenvalue weighted by molar-refractivity contribution is -0.161. The lowest BCUT2D eigenvalue weighted by atomic mass is 10.0. The first-order chi connectivity index (χ1) is 46.0. The van der Waals surface area contributed by atoms with Crippen molar-refractivity contribution in [1.82, 2.24) is 0 Å². The number of ether oxygens (including phenoxy) is 4. The molecule has 95 heavy (non-hydrogen) atoms. The first-order valence-electron chi connectivity index (χ1n) is 39.0. The van der Waals surface area contributed by atoms with Gasteiger partial charge in [0.2, 0.25) is 0 Å². The Morgan fingerprint density at radius 1 is 0.326 bits per heavy atom. The normalized spacial score (nSPS) is 14.1. The third-order valence-electron chi connectivity index (χ3n) is 17.2. The number of allylic oxidation sites excluding steroid dienone is 4. The van der Waals surface area contributed by atoms with Crippen LogP contribution >= 0.6 is 15.6 Å². The number of unbranched alkanes of at least 4 members (excludes halogenated alkanes) is 43. The van der Waals surface area contributed by atoms with E-state index in [9.17, 15) is 43.2 Å². The second-order valence-electron chi connectivity index (χ2n) is 27.2. The summed E-state index contributed by atoms with van der Waals surface area (Å²) in [5.41, 5.74) is 0. The van der Waals surface area contributed by atoms with Gasteiger partial charge in [0.1, 0.15) is 19.3 Å². The van der Waals surface area contributed by atoms with Gasteiger partial charge in [0.05, 0.1) is 26.4 Å². The van der Waals surface area contributed by atoms with E-state index in [-0.39, 0.29) is 25.7 Å². The molecule has 0 aromatic rings. The van der Waals surface area contributed by atoms with Gasteiger partial charge in [-0.15, -0.1) is 0 Å². The molecule has 0 saturated carbocycles. The van der Waals surface area contributed by atoms with E-state index in [1.54, 1.807) is 0 Å². The molecule has 0 amide bonds. The molecule has 0 bridgehead atoms. The summed E-state index contributed by atoms with van der Waals surface area (Å²) in [6.07, 6.45) is 60.4. The van der Waals surface area contributed by atoms with Gasteiger partial charge in [-0.2, -0.15) is 0 Å². The SMILES string of the molecule is CCCCCC/C=C\C=C/CCCCCCCC(=O)OC[C@H](COP(=O)(O)OC[C@@H](O)COP(=O)(O)OC[C@@H](COC(=O)CCCCCCCCCC(C)C)OC(=O)CCCCCCCCCCCCCCC)OC(=O)CCCCCCCCCCCCCCCCCCC. The van der Waals surface area contributed by atoms with Crippen LogP contribution < -0.4 is 0 Å². The Kier molecular flexibility index (Phi) is 66.9. The number of rotatable bonds is 74. The van der Waals surface area contributed by atoms with Gasteiger partial charge in [0, 0.05) is 25.7 Å². The number of aliphatic hydroxyl groups is 1. The number of hydrogen-bond donors (Lipinski definition) is 3. The van der Waals surface area contributed by atoms with Gasteiger partial charge in [0.15, 0.2) is 12.2 Å².